The van der Waals surface area contributed by atoms with Gasteiger partial charge in [0.15, 0.2) is 0 Å². The Morgan fingerprint density at radius 2 is 1.80 bits per heavy atom. The fourth-order valence-corrected chi connectivity index (χ4v) is 2.50. The van der Waals surface area contributed by atoms with Crippen molar-refractivity contribution in [3.05, 3.63) is 28.2 Å². The van der Waals surface area contributed by atoms with Gasteiger partial charge in [0, 0.05) is 19.6 Å². The van der Waals surface area contributed by atoms with Gasteiger partial charge in [-0.15, -0.1) is 0 Å². The van der Waals surface area contributed by atoms with Crippen molar-refractivity contribution in [2.24, 2.45) is 0 Å². The van der Waals surface area contributed by atoms with Crippen LogP contribution in [0.25, 0.3) is 0 Å². The maximum atomic E-state index is 6.17. The molecule has 15 heavy (non-hydrogen) atoms. The molecule has 1 fully saturated rings. The number of rotatable bonds is 1. The molecule has 0 saturated carbocycles. The summed E-state index contributed by atoms with van der Waals surface area (Å²) in [4.78, 5) is 2.25. The van der Waals surface area contributed by atoms with Crippen LogP contribution >= 0.6 is 23.2 Å². The van der Waals surface area contributed by atoms with E-state index in [-0.39, 0.29) is 0 Å². The number of hydrogen-bond donors (Lipinski definition) is 1. The molecule has 1 saturated heterocycles. The Kier molecular flexibility index (Phi) is 3.73. The van der Waals surface area contributed by atoms with Gasteiger partial charge in [-0.1, -0.05) is 29.3 Å². The zero-order chi connectivity index (χ0) is 10.7. The minimum absolute atomic E-state index is 0.740. The molecule has 1 N–H and O–H groups in total. The number of anilines is 1. The van der Waals surface area contributed by atoms with Crippen LogP contribution in [0.1, 0.15) is 6.42 Å². The largest absolute Gasteiger partial charge is 0.368 e. The molecular weight excluding hydrogens is 231 g/mol. The first kappa shape index (κ1) is 11.1. The van der Waals surface area contributed by atoms with Crippen molar-refractivity contribution >= 4 is 28.9 Å². The van der Waals surface area contributed by atoms with E-state index in [0.29, 0.717) is 0 Å². The normalized spacial score (nSPS) is 17.6. The van der Waals surface area contributed by atoms with Crippen molar-refractivity contribution in [2.75, 3.05) is 31.1 Å². The summed E-state index contributed by atoms with van der Waals surface area (Å²) in [6, 6.07) is 5.66. The Balaban J connectivity index is 2.26. The molecule has 0 aromatic heterocycles. The van der Waals surface area contributed by atoms with Crippen molar-refractivity contribution < 1.29 is 0 Å². The standard InChI is InChI=1S/C11H14Cl2N2/c12-9-3-1-4-10(13)11(9)15-7-2-5-14-6-8-15/h1,3-4,14H,2,5-8H2. The lowest BCUT2D eigenvalue weighted by molar-refractivity contribution is 0.724. The highest BCUT2D eigenvalue weighted by Gasteiger charge is 2.15. The molecule has 4 heteroatoms. The molecule has 0 amide bonds. The van der Waals surface area contributed by atoms with Crippen molar-refractivity contribution in [1.82, 2.24) is 5.32 Å². The van der Waals surface area contributed by atoms with Crippen LogP contribution in [0.5, 0.6) is 0 Å². The third kappa shape index (κ3) is 2.57. The summed E-state index contributed by atoms with van der Waals surface area (Å²) in [5, 5.41) is 4.84. The van der Waals surface area contributed by atoms with E-state index in [1.165, 1.54) is 0 Å². The summed E-state index contributed by atoms with van der Waals surface area (Å²) in [5.41, 5.74) is 0.976. The SMILES string of the molecule is Clc1cccc(Cl)c1N1CCCNCC1. The Morgan fingerprint density at radius 1 is 1.07 bits per heavy atom. The number of benzene rings is 1. The number of nitrogens with zero attached hydrogens (tertiary/aromatic N) is 1. The van der Waals surface area contributed by atoms with E-state index < -0.39 is 0 Å². The molecule has 1 heterocycles. The van der Waals surface area contributed by atoms with Crippen molar-refractivity contribution in [2.45, 2.75) is 6.42 Å². The van der Waals surface area contributed by atoms with Gasteiger partial charge in [-0.2, -0.15) is 0 Å². The zero-order valence-corrected chi connectivity index (χ0v) is 9.98. The van der Waals surface area contributed by atoms with E-state index >= 15 is 0 Å². The highest BCUT2D eigenvalue weighted by Crippen LogP contribution is 2.33. The number of hydrogen-bond acceptors (Lipinski definition) is 2. The molecule has 1 aromatic carbocycles. The lowest BCUT2D eigenvalue weighted by Crippen LogP contribution is -2.28. The smallest absolute Gasteiger partial charge is 0.0745 e. The van der Waals surface area contributed by atoms with Crippen LogP contribution in [0, 0.1) is 0 Å². The Morgan fingerprint density at radius 3 is 2.53 bits per heavy atom. The van der Waals surface area contributed by atoms with E-state index in [1.807, 2.05) is 18.2 Å². The molecular formula is C11H14Cl2N2. The van der Waals surface area contributed by atoms with Crippen LogP contribution in [-0.4, -0.2) is 26.2 Å². The highest BCUT2D eigenvalue weighted by atomic mass is 35.5. The minimum atomic E-state index is 0.740. The summed E-state index contributed by atoms with van der Waals surface area (Å²) >= 11 is 12.3. The van der Waals surface area contributed by atoms with Gasteiger partial charge in [0.1, 0.15) is 0 Å². The van der Waals surface area contributed by atoms with Gasteiger partial charge in [-0.25, -0.2) is 0 Å². The second-order valence-corrected chi connectivity index (χ2v) is 4.48. The summed E-state index contributed by atoms with van der Waals surface area (Å²) in [6.45, 7) is 4.03. The van der Waals surface area contributed by atoms with Crippen LogP contribution in [-0.2, 0) is 0 Å². The maximum Gasteiger partial charge on any atom is 0.0745 e. The third-order valence-corrected chi connectivity index (χ3v) is 3.20. The number of halogens is 2. The molecule has 1 aliphatic rings. The predicted molar refractivity (Wildman–Crippen MR) is 66.2 cm³/mol. The van der Waals surface area contributed by atoms with Crippen LogP contribution < -0.4 is 10.2 Å². The lowest BCUT2D eigenvalue weighted by Gasteiger charge is -2.24. The molecule has 82 valence electrons. The molecule has 1 aliphatic heterocycles. The minimum Gasteiger partial charge on any atom is -0.368 e. The van der Waals surface area contributed by atoms with E-state index in [2.05, 4.69) is 10.2 Å². The molecule has 0 atom stereocenters. The van der Waals surface area contributed by atoms with Crippen LogP contribution in [0.4, 0.5) is 5.69 Å². The second kappa shape index (κ2) is 5.06. The molecule has 2 rings (SSSR count). The zero-order valence-electron chi connectivity index (χ0n) is 8.47. The molecule has 2 nitrogen and oxygen atoms in total. The predicted octanol–water partition coefficient (Wildman–Crippen LogP) is 2.79. The van der Waals surface area contributed by atoms with E-state index in [0.717, 1.165) is 48.3 Å². The average Bonchev–Trinajstić information content (AvgIpc) is 2.46. The van der Waals surface area contributed by atoms with Gasteiger partial charge in [0.05, 0.1) is 15.7 Å². The van der Waals surface area contributed by atoms with Crippen molar-refractivity contribution in [3.8, 4) is 0 Å². The average molecular weight is 245 g/mol. The van der Waals surface area contributed by atoms with Gasteiger partial charge >= 0.3 is 0 Å². The summed E-state index contributed by atoms with van der Waals surface area (Å²) in [7, 11) is 0. The monoisotopic (exact) mass is 244 g/mol. The van der Waals surface area contributed by atoms with Crippen molar-refractivity contribution in [1.29, 1.82) is 0 Å². The van der Waals surface area contributed by atoms with Gasteiger partial charge in [-0.05, 0) is 25.1 Å². The van der Waals surface area contributed by atoms with E-state index in [1.54, 1.807) is 0 Å². The first-order valence-corrected chi connectivity index (χ1v) is 5.94. The van der Waals surface area contributed by atoms with E-state index in [9.17, 15) is 0 Å². The quantitative estimate of drug-likeness (QED) is 0.818. The summed E-state index contributed by atoms with van der Waals surface area (Å²) in [5.74, 6) is 0. The van der Waals surface area contributed by atoms with Gasteiger partial charge in [-0.3, -0.25) is 0 Å². The molecule has 0 spiro atoms. The Hall–Kier alpha value is -0.440. The highest BCUT2D eigenvalue weighted by molar-refractivity contribution is 6.39. The Labute approximate surface area is 100 Å². The fraction of sp³-hybridized carbons (Fsp3) is 0.455. The lowest BCUT2D eigenvalue weighted by atomic mass is 10.2. The first-order chi connectivity index (χ1) is 7.29. The molecule has 1 aromatic rings. The van der Waals surface area contributed by atoms with Crippen molar-refractivity contribution in [3.63, 3.8) is 0 Å². The van der Waals surface area contributed by atoms with Gasteiger partial charge in [0.2, 0.25) is 0 Å². The molecule has 0 unspecified atom stereocenters. The molecule has 0 radical (unpaired) electrons. The summed E-state index contributed by atoms with van der Waals surface area (Å²) < 4.78 is 0. The van der Waals surface area contributed by atoms with Crippen LogP contribution in [0.2, 0.25) is 10.0 Å². The number of nitrogens with one attached hydrogen (secondary N) is 1. The number of para-hydroxylation sites is 1. The first-order valence-electron chi connectivity index (χ1n) is 5.19. The van der Waals surface area contributed by atoms with Crippen LogP contribution in [0.15, 0.2) is 18.2 Å². The second-order valence-electron chi connectivity index (χ2n) is 3.66. The molecule has 0 bridgehead atoms. The third-order valence-electron chi connectivity index (χ3n) is 2.59. The van der Waals surface area contributed by atoms with Gasteiger partial charge < -0.3 is 10.2 Å². The molecule has 0 aliphatic carbocycles. The summed E-state index contributed by atoms with van der Waals surface area (Å²) in [6.07, 6.45) is 1.13. The Bertz CT molecular complexity index is 313. The topological polar surface area (TPSA) is 15.3 Å². The maximum absolute atomic E-state index is 6.17. The fourth-order valence-electron chi connectivity index (χ4n) is 1.86. The van der Waals surface area contributed by atoms with E-state index in [4.69, 9.17) is 23.2 Å². The van der Waals surface area contributed by atoms with Gasteiger partial charge in [0.25, 0.3) is 0 Å². The van der Waals surface area contributed by atoms with Crippen LogP contribution in [0.3, 0.4) is 0 Å².